The van der Waals surface area contributed by atoms with Crippen molar-refractivity contribution >= 4 is 16.9 Å². The van der Waals surface area contributed by atoms with Gasteiger partial charge in [-0.15, -0.1) is 0 Å². The van der Waals surface area contributed by atoms with Crippen LogP contribution in [-0.4, -0.2) is 44.2 Å². The molecule has 0 saturated carbocycles. The molecular formula is C16H21N3O2. The molecule has 3 rings (SSSR count). The van der Waals surface area contributed by atoms with Crippen molar-refractivity contribution in [1.29, 1.82) is 0 Å². The molecule has 2 heterocycles. The summed E-state index contributed by atoms with van der Waals surface area (Å²) in [6, 6.07) is 7.54. The van der Waals surface area contributed by atoms with Gasteiger partial charge in [-0.3, -0.25) is 4.79 Å². The summed E-state index contributed by atoms with van der Waals surface area (Å²) in [5.41, 5.74) is 1.24. The molecule has 1 atom stereocenters. The highest BCUT2D eigenvalue weighted by Gasteiger charge is 2.31. The summed E-state index contributed by atoms with van der Waals surface area (Å²) < 4.78 is 1.92. The number of benzene rings is 1. The van der Waals surface area contributed by atoms with E-state index in [9.17, 15) is 9.90 Å². The van der Waals surface area contributed by atoms with Crippen LogP contribution in [0.1, 0.15) is 32.7 Å². The van der Waals surface area contributed by atoms with Gasteiger partial charge in [-0.1, -0.05) is 12.1 Å². The molecular weight excluding hydrogens is 266 g/mol. The molecule has 1 aromatic carbocycles. The molecule has 0 bridgehead atoms. The zero-order valence-corrected chi connectivity index (χ0v) is 12.5. The van der Waals surface area contributed by atoms with E-state index in [1.165, 1.54) is 0 Å². The predicted octanol–water partition coefficient (Wildman–Crippen LogP) is 1.97. The average Bonchev–Trinajstić information content (AvgIpc) is 2.90. The maximum atomic E-state index is 12.6. The number of nitrogens with zero attached hydrogens (tertiary/aromatic N) is 3. The third-order valence-corrected chi connectivity index (χ3v) is 4.41. The van der Waals surface area contributed by atoms with Crippen molar-refractivity contribution in [2.45, 2.75) is 38.3 Å². The van der Waals surface area contributed by atoms with Gasteiger partial charge in [0.05, 0.1) is 23.0 Å². The standard InChI is InChI=1S/C16H21N3O2/c1-12(15(20)18-9-7-16(2,21)8-10-18)19-11-17-13-5-3-4-6-14(13)19/h3-6,11-12,21H,7-10H2,1-2H3. The Hall–Kier alpha value is -1.88. The van der Waals surface area contributed by atoms with E-state index < -0.39 is 5.60 Å². The molecule has 0 spiro atoms. The molecule has 1 saturated heterocycles. The van der Waals surface area contributed by atoms with Crippen molar-refractivity contribution in [3.05, 3.63) is 30.6 Å². The number of rotatable bonds is 2. The quantitative estimate of drug-likeness (QED) is 0.918. The number of hydrogen-bond donors (Lipinski definition) is 1. The highest BCUT2D eigenvalue weighted by Crippen LogP contribution is 2.24. The molecule has 1 amide bonds. The molecule has 0 radical (unpaired) electrons. The van der Waals surface area contributed by atoms with Gasteiger partial charge < -0.3 is 14.6 Å². The third kappa shape index (κ3) is 2.65. The number of para-hydroxylation sites is 2. The summed E-state index contributed by atoms with van der Waals surface area (Å²) in [5.74, 6) is 0.0913. The SMILES string of the molecule is CC(C(=O)N1CCC(C)(O)CC1)n1cnc2ccccc21. The number of piperidine rings is 1. The lowest BCUT2D eigenvalue weighted by molar-refractivity contribution is -0.137. The van der Waals surface area contributed by atoms with Gasteiger partial charge in [0, 0.05) is 13.1 Å². The lowest BCUT2D eigenvalue weighted by Crippen LogP contribution is -2.47. The van der Waals surface area contributed by atoms with Gasteiger partial charge >= 0.3 is 0 Å². The highest BCUT2D eigenvalue weighted by atomic mass is 16.3. The van der Waals surface area contributed by atoms with Gasteiger partial charge in [0.25, 0.3) is 0 Å². The lowest BCUT2D eigenvalue weighted by Gasteiger charge is -2.37. The summed E-state index contributed by atoms with van der Waals surface area (Å²) in [6.07, 6.45) is 3.00. The monoisotopic (exact) mass is 287 g/mol. The molecule has 5 nitrogen and oxygen atoms in total. The van der Waals surface area contributed by atoms with Crippen molar-refractivity contribution in [3.8, 4) is 0 Å². The van der Waals surface area contributed by atoms with Crippen molar-refractivity contribution in [2.75, 3.05) is 13.1 Å². The van der Waals surface area contributed by atoms with E-state index in [-0.39, 0.29) is 11.9 Å². The van der Waals surface area contributed by atoms with Crippen molar-refractivity contribution in [2.24, 2.45) is 0 Å². The van der Waals surface area contributed by atoms with E-state index in [0.29, 0.717) is 25.9 Å². The van der Waals surface area contributed by atoms with E-state index in [4.69, 9.17) is 0 Å². The van der Waals surface area contributed by atoms with Gasteiger partial charge in [-0.05, 0) is 38.8 Å². The molecule has 2 aromatic rings. The molecule has 21 heavy (non-hydrogen) atoms. The second-order valence-corrected chi connectivity index (χ2v) is 6.14. The molecule has 0 aliphatic carbocycles. The number of carbonyl (C=O) groups is 1. The Morgan fingerprint density at radius 2 is 2.00 bits per heavy atom. The molecule has 5 heteroatoms. The Bertz CT molecular complexity index is 652. The maximum Gasteiger partial charge on any atom is 0.245 e. The number of amides is 1. The van der Waals surface area contributed by atoms with E-state index in [1.54, 1.807) is 6.33 Å². The smallest absolute Gasteiger partial charge is 0.245 e. The summed E-state index contributed by atoms with van der Waals surface area (Å²) in [7, 11) is 0. The zero-order chi connectivity index (χ0) is 15.0. The van der Waals surface area contributed by atoms with Crippen LogP contribution < -0.4 is 0 Å². The first kappa shape index (κ1) is 14.1. The van der Waals surface area contributed by atoms with Crippen LogP contribution in [0.5, 0.6) is 0 Å². The van der Waals surface area contributed by atoms with E-state index in [1.807, 2.05) is 47.6 Å². The van der Waals surface area contributed by atoms with Gasteiger partial charge in [0.2, 0.25) is 5.91 Å². The van der Waals surface area contributed by atoms with Crippen LogP contribution in [0.2, 0.25) is 0 Å². The maximum absolute atomic E-state index is 12.6. The first-order valence-corrected chi connectivity index (χ1v) is 7.41. The number of hydrogen-bond acceptors (Lipinski definition) is 3. The molecule has 1 aromatic heterocycles. The number of likely N-dealkylation sites (tertiary alicyclic amines) is 1. The Morgan fingerprint density at radius 3 is 2.71 bits per heavy atom. The Balaban J connectivity index is 1.79. The van der Waals surface area contributed by atoms with Crippen molar-refractivity contribution in [1.82, 2.24) is 14.5 Å². The minimum absolute atomic E-state index is 0.0913. The predicted molar refractivity (Wildman–Crippen MR) is 80.9 cm³/mol. The number of fused-ring (bicyclic) bond motifs is 1. The third-order valence-electron chi connectivity index (χ3n) is 4.41. The summed E-state index contributed by atoms with van der Waals surface area (Å²) in [5, 5.41) is 9.98. The van der Waals surface area contributed by atoms with Gasteiger partial charge in [-0.25, -0.2) is 4.98 Å². The lowest BCUT2D eigenvalue weighted by atomic mass is 9.93. The van der Waals surface area contributed by atoms with Crippen molar-refractivity contribution in [3.63, 3.8) is 0 Å². The zero-order valence-electron chi connectivity index (χ0n) is 12.5. The Kier molecular flexibility index (Phi) is 3.45. The van der Waals surface area contributed by atoms with Crippen LogP contribution in [-0.2, 0) is 4.79 Å². The van der Waals surface area contributed by atoms with Crippen LogP contribution in [0, 0.1) is 0 Å². The molecule has 1 fully saturated rings. The second kappa shape index (κ2) is 5.15. The van der Waals surface area contributed by atoms with Crippen LogP contribution in [0.3, 0.4) is 0 Å². The molecule has 1 N–H and O–H groups in total. The average molecular weight is 287 g/mol. The molecule has 1 unspecified atom stereocenters. The van der Waals surface area contributed by atoms with E-state index in [0.717, 1.165) is 11.0 Å². The fraction of sp³-hybridized carbons (Fsp3) is 0.500. The highest BCUT2D eigenvalue weighted by molar-refractivity contribution is 5.83. The van der Waals surface area contributed by atoms with E-state index in [2.05, 4.69) is 4.98 Å². The number of carbonyl (C=O) groups excluding carboxylic acids is 1. The van der Waals surface area contributed by atoms with Crippen LogP contribution in [0.15, 0.2) is 30.6 Å². The van der Waals surface area contributed by atoms with Gasteiger partial charge in [0.1, 0.15) is 6.04 Å². The van der Waals surface area contributed by atoms with Crippen LogP contribution in [0.4, 0.5) is 0 Å². The second-order valence-electron chi connectivity index (χ2n) is 6.14. The van der Waals surface area contributed by atoms with Crippen LogP contribution >= 0.6 is 0 Å². The van der Waals surface area contributed by atoms with Crippen molar-refractivity contribution < 1.29 is 9.90 Å². The summed E-state index contributed by atoms with van der Waals surface area (Å²) >= 11 is 0. The number of aromatic nitrogens is 2. The Labute approximate surface area is 124 Å². The van der Waals surface area contributed by atoms with Crippen LogP contribution in [0.25, 0.3) is 11.0 Å². The van der Waals surface area contributed by atoms with Gasteiger partial charge in [0.15, 0.2) is 0 Å². The minimum Gasteiger partial charge on any atom is -0.390 e. The number of imidazole rings is 1. The summed E-state index contributed by atoms with van der Waals surface area (Å²) in [4.78, 5) is 18.8. The van der Waals surface area contributed by atoms with E-state index >= 15 is 0 Å². The number of aliphatic hydroxyl groups is 1. The fourth-order valence-electron chi connectivity index (χ4n) is 2.88. The molecule has 1 aliphatic heterocycles. The minimum atomic E-state index is -0.637. The molecule has 112 valence electrons. The van der Waals surface area contributed by atoms with Gasteiger partial charge in [-0.2, -0.15) is 0 Å². The largest absolute Gasteiger partial charge is 0.390 e. The normalized spacial score (nSPS) is 19.7. The molecule has 1 aliphatic rings. The summed E-state index contributed by atoms with van der Waals surface area (Å²) in [6.45, 7) is 4.97. The Morgan fingerprint density at radius 1 is 1.33 bits per heavy atom. The fourth-order valence-corrected chi connectivity index (χ4v) is 2.88. The first-order chi connectivity index (χ1) is 9.98. The first-order valence-electron chi connectivity index (χ1n) is 7.41. The topological polar surface area (TPSA) is 58.4 Å².